The molecule has 108 valence electrons. The molecule has 0 aliphatic heterocycles. The minimum atomic E-state index is 0.492. The Kier molecular flexibility index (Phi) is 6.83. The van der Waals surface area contributed by atoms with Gasteiger partial charge in [-0.05, 0) is 68.6 Å². The van der Waals surface area contributed by atoms with E-state index >= 15 is 0 Å². The number of nitrogens with zero attached hydrogens (tertiary/aromatic N) is 2. The maximum Gasteiger partial charge on any atom is 0.0513 e. The summed E-state index contributed by atoms with van der Waals surface area (Å²) in [7, 11) is 6.21. The van der Waals surface area contributed by atoms with Crippen LogP contribution in [0.2, 0.25) is 0 Å². The van der Waals surface area contributed by atoms with Gasteiger partial charge in [-0.3, -0.25) is 0 Å². The third-order valence-electron chi connectivity index (χ3n) is 3.20. The van der Waals surface area contributed by atoms with Crippen molar-refractivity contribution in [3.8, 4) is 0 Å². The van der Waals surface area contributed by atoms with E-state index in [1.807, 2.05) is 7.05 Å². The van der Waals surface area contributed by atoms with Crippen LogP contribution in [0.3, 0.4) is 0 Å². The zero-order valence-corrected chi connectivity index (χ0v) is 14.3. The maximum absolute atomic E-state index is 3.71. The number of hydrogen-bond donors (Lipinski definition) is 1. The Morgan fingerprint density at radius 2 is 2.00 bits per heavy atom. The lowest BCUT2D eigenvalue weighted by atomic mass is 10.1. The predicted octanol–water partition coefficient (Wildman–Crippen LogP) is 2.94. The lowest BCUT2D eigenvalue weighted by Crippen LogP contribution is -2.40. The number of rotatable bonds is 7. The molecule has 0 saturated heterocycles. The van der Waals surface area contributed by atoms with Crippen LogP contribution in [-0.4, -0.2) is 45.2 Å². The summed E-state index contributed by atoms with van der Waals surface area (Å²) in [5.74, 6) is 0. The van der Waals surface area contributed by atoms with Crippen molar-refractivity contribution in [1.29, 1.82) is 0 Å². The summed E-state index contributed by atoms with van der Waals surface area (Å²) in [6.07, 6.45) is 0. The molecule has 0 aliphatic carbocycles. The van der Waals surface area contributed by atoms with E-state index in [-0.39, 0.29) is 0 Å². The monoisotopic (exact) mass is 327 g/mol. The van der Waals surface area contributed by atoms with Crippen LogP contribution < -0.4 is 10.2 Å². The Labute approximate surface area is 126 Å². The molecule has 1 aromatic carbocycles. The van der Waals surface area contributed by atoms with E-state index in [1.165, 1.54) is 15.7 Å². The number of halogens is 1. The smallest absolute Gasteiger partial charge is 0.0513 e. The van der Waals surface area contributed by atoms with Crippen LogP contribution in [0.15, 0.2) is 22.7 Å². The van der Waals surface area contributed by atoms with Crippen molar-refractivity contribution in [3.05, 3.63) is 28.2 Å². The van der Waals surface area contributed by atoms with E-state index < -0.39 is 0 Å². The second-order valence-electron chi connectivity index (χ2n) is 5.21. The van der Waals surface area contributed by atoms with Crippen LogP contribution in [0.25, 0.3) is 0 Å². The molecule has 4 heteroatoms. The van der Waals surface area contributed by atoms with Crippen molar-refractivity contribution < 1.29 is 0 Å². The molecule has 0 saturated carbocycles. The molecule has 0 amide bonds. The third kappa shape index (κ3) is 4.79. The highest BCUT2D eigenvalue weighted by molar-refractivity contribution is 9.10. The second-order valence-corrected chi connectivity index (χ2v) is 6.07. The van der Waals surface area contributed by atoms with Gasteiger partial charge in [-0.25, -0.2) is 0 Å². The first-order chi connectivity index (χ1) is 8.99. The minimum absolute atomic E-state index is 0.492. The van der Waals surface area contributed by atoms with Gasteiger partial charge >= 0.3 is 0 Å². The van der Waals surface area contributed by atoms with E-state index in [0.717, 1.165) is 19.6 Å². The first kappa shape index (κ1) is 16.5. The summed E-state index contributed by atoms with van der Waals surface area (Å²) in [6.45, 7) is 7.45. The average Bonchev–Trinajstić information content (AvgIpc) is 2.32. The number of hydrogen-bond acceptors (Lipinski definition) is 3. The Morgan fingerprint density at radius 1 is 1.32 bits per heavy atom. The zero-order valence-electron chi connectivity index (χ0n) is 12.7. The molecule has 1 atom stereocenters. The zero-order chi connectivity index (χ0) is 14.4. The van der Waals surface area contributed by atoms with Gasteiger partial charge in [0.15, 0.2) is 0 Å². The second kappa shape index (κ2) is 7.88. The van der Waals surface area contributed by atoms with Crippen molar-refractivity contribution in [2.24, 2.45) is 0 Å². The minimum Gasteiger partial charge on any atom is -0.367 e. The SMILES string of the molecule is CCN(c1ccc(CNC)cc1Br)C(C)CN(C)C. The van der Waals surface area contributed by atoms with E-state index in [2.05, 4.69) is 77.2 Å². The predicted molar refractivity (Wildman–Crippen MR) is 87.9 cm³/mol. The van der Waals surface area contributed by atoms with Gasteiger partial charge in [0.2, 0.25) is 0 Å². The average molecular weight is 328 g/mol. The van der Waals surface area contributed by atoms with Gasteiger partial charge in [-0.2, -0.15) is 0 Å². The Bertz CT molecular complexity index is 393. The Morgan fingerprint density at radius 3 is 2.47 bits per heavy atom. The molecule has 0 fully saturated rings. The van der Waals surface area contributed by atoms with Crippen LogP contribution in [0, 0.1) is 0 Å². The third-order valence-corrected chi connectivity index (χ3v) is 3.84. The molecule has 0 heterocycles. The van der Waals surface area contributed by atoms with E-state index in [4.69, 9.17) is 0 Å². The highest BCUT2D eigenvalue weighted by atomic mass is 79.9. The molecular weight excluding hydrogens is 302 g/mol. The van der Waals surface area contributed by atoms with E-state index in [0.29, 0.717) is 6.04 Å². The number of anilines is 1. The first-order valence-corrected chi connectivity index (χ1v) is 7.63. The van der Waals surface area contributed by atoms with Gasteiger partial charge in [0.25, 0.3) is 0 Å². The quantitative estimate of drug-likeness (QED) is 0.830. The standard InChI is InChI=1S/C15H26BrN3/c1-6-19(12(2)11-18(4)5)15-8-7-13(10-17-3)9-14(15)16/h7-9,12,17H,6,10-11H2,1-5H3. The van der Waals surface area contributed by atoms with Crippen molar-refractivity contribution in [2.75, 3.05) is 39.1 Å². The Hall–Kier alpha value is -0.580. The van der Waals surface area contributed by atoms with Gasteiger partial charge in [-0.15, -0.1) is 0 Å². The van der Waals surface area contributed by atoms with Gasteiger partial charge in [0.1, 0.15) is 0 Å². The van der Waals surface area contributed by atoms with Gasteiger partial charge in [-0.1, -0.05) is 6.07 Å². The van der Waals surface area contributed by atoms with E-state index in [9.17, 15) is 0 Å². The summed E-state index contributed by atoms with van der Waals surface area (Å²) in [5.41, 5.74) is 2.58. The fourth-order valence-electron chi connectivity index (χ4n) is 2.44. The molecule has 1 unspecified atom stereocenters. The highest BCUT2D eigenvalue weighted by Gasteiger charge is 2.16. The molecular formula is C15H26BrN3. The van der Waals surface area contributed by atoms with Crippen LogP contribution in [-0.2, 0) is 6.54 Å². The number of likely N-dealkylation sites (N-methyl/N-ethyl adjacent to an activating group) is 2. The molecule has 0 bridgehead atoms. The van der Waals surface area contributed by atoms with Crippen molar-refractivity contribution >= 4 is 21.6 Å². The molecule has 1 aromatic rings. The summed E-state index contributed by atoms with van der Waals surface area (Å²) in [4.78, 5) is 4.67. The topological polar surface area (TPSA) is 18.5 Å². The number of benzene rings is 1. The van der Waals surface area contributed by atoms with Crippen LogP contribution in [0.4, 0.5) is 5.69 Å². The fraction of sp³-hybridized carbons (Fsp3) is 0.600. The van der Waals surface area contributed by atoms with Crippen molar-refractivity contribution in [3.63, 3.8) is 0 Å². The molecule has 0 aromatic heterocycles. The number of nitrogens with one attached hydrogen (secondary N) is 1. The van der Waals surface area contributed by atoms with E-state index in [1.54, 1.807) is 0 Å². The molecule has 19 heavy (non-hydrogen) atoms. The molecule has 1 rings (SSSR count). The van der Waals surface area contributed by atoms with Crippen LogP contribution >= 0.6 is 15.9 Å². The molecule has 3 nitrogen and oxygen atoms in total. The summed E-state index contributed by atoms with van der Waals surface area (Å²) < 4.78 is 1.17. The molecule has 1 N–H and O–H groups in total. The van der Waals surface area contributed by atoms with Crippen LogP contribution in [0.1, 0.15) is 19.4 Å². The lowest BCUT2D eigenvalue weighted by molar-refractivity contribution is 0.373. The van der Waals surface area contributed by atoms with Gasteiger partial charge < -0.3 is 15.1 Å². The van der Waals surface area contributed by atoms with Crippen molar-refractivity contribution in [2.45, 2.75) is 26.4 Å². The fourth-order valence-corrected chi connectivity index (χ4v) is 3.10. The Balaban J connectivity index is 2.92. The van der Waals surface area contributed by atoms with Crippen molar-refractivity contribution in [1.82, 2.24) is 10.2 Å². The highest BCUT2D eigenvalue weighted by Crippen LogP contribution is 2.28. The van der Waals surface area contributed by atoms with Gasteiger partial charge in [0.05, 0.1) is 5.69 Å². The molecule has 0 spiro atoms. The maximum atomic E-state index is 3.71. The van der Waals surface area contributed by atoms with Crippen LogP contribution in [0.5, 0.6) is 0 Å². The molecule has 0 aliphatic rings. The summed E-state index contributed by atoms with van der Waals surface area (Å²) in [6, 6.07) is 7.11. The lowest BCUT2D eigenvalue weighted by Gasteiger charge is -2.33. The first-order valence-electron chi connectivity index (χ1n) is 6.84. The summed E-state index contributed by atoms with van der Waals surface area (Å²) in [5, 5.41) is 3.18. The largest absolute Gasteiger partial charge is 0.367 e. The normalized spacial score (nSPS) is 12.8. The summed E-state index contributed by atoms with van der Waals surface area (Å²) >= 11 is 3.71. The molecule has 0 radical (unpaired) electrons. The van der Waals surface area contributed by atoms with Gasteiger partial charge in [0, 0.05) is 30.1 Å².